The lowest BCUT2D eigenvalue weighted by molar-refractivity contribution is 0.0142. The third kappa shape index (κ3) is 5.54. The first-order valence-electron chi connectivity index (χ1n) is 9.04. The van der Waals surface area contributed by atoms with Crippen molar-refractivity contribution < 1.29 is 4.74 Å². The van der Waals surface area contributed by atoms with Gasteiger partial charge in [0.2, 0.25) is 0 Å². The van der Waals surface area contributed by atoms with Crippen LogP contribution in [0.4, 0.5) is 0 Å². The van der Waals surface area contributed by atoms with Gasteiger partial charge in [0, 0.05) is 37.8 Å². The van der Waals surface area contributed by atoms with Crippen LogP contribution in [0.2, 0.25) is 0 Å². The molecular weight excluding hydrogens is 260 g/mol. The van der Waals surface area contributed by atoms with E-state index in [9.17, 15) is 0 Å². The van der Waals surface area contributed by atoms with Crippen LogP contribution in [0, 0.1) is 11.8 Å². The highest BCUT2D eigenvalue weighted by molar-refractivity contribution is 4.97. The summed E-state index contributed by atoms with van der Waals surface area (Å²) >= 11 is 0. The summed E-state index contributed by atoms with van der Waals surface area (Å²) in [4.78, 5) is 2.69. The lowest BCUT2D eigenvalue weighted by Gasteiger charge is -2.49. The standard InChI is InChI=1S/C18H38N2O/c1-7-16(6)17-12-19-18(8-2,9-3)14-20(17)10-11-21-13-15(4)5/h15-17,19H,7-14H2,1-6H3. The van der Waals surface area contributed by atoms with Gasteiger partial charge in [0.05, 0.1) is 6.61 Å². The van der Waals surface area contributed by atoms with Gasteiger partial charge in [-0.25, -0.2) is 0 Å². The van der Waals surface area contributed by atoms with Gasteiger partial charge in [0.15, 0.2) is 0 Å². The Morgan fingerprint density at radius 2 is 1.86 bits per heavy atom. The summed E-state index contributed by atoms with van der Waals surface area (Å²) in [5.41, 5.74) is 0.308. The Labute approximate surface area is 132 Å². The zero-order chi connectivity index (χ0) is 15.9. The van der Waals surface area contributed by atoms with E-state index in [2.05, 4.69) is 51.8 Å². The number of rotatable bonds is 9. The Kier molecular flexibility index (Phi) is 8.22. The highest BCUT2D eigenvalue weighted by Crippen LogP contribution is 2.26. The number of hydrogen-bond donors (Lipinski definition) is 1. The van der Waals surface area contributed by atoms with Crippen LogP contribution in [0.25, 0.3) is 0 Å². The van der Waals surface area contributed by atoms with Crippen molar-refractivity contribution in [1.29, 1.82) is 0 Å². The number of hydrogen-bond acceptors (Lipinski definition) is 3. The van der Waals surface area contributed by atoms with Crippen molar-refractivity contribution in [2.75, 3.05) is 32.8 Å². The summed E-state index contributed by atoms with van der Waals surface area (Å²) in [7, 11) is 0. The van der Waals surface area contributed by atoms with E-state index in [1.807, 2.05) is 0 Å². The molecule has 1 heterocycles. The van der Waals surface area contributed by atoms with Crippen molar-refractivity contribution in [3.05, 3.63) is 0 Å². The van der Waals surface area contributed by atoms with E-state index in [0.717, 1.165) is 32.2 Å². The average molecular weight is 299 g/mol. The maximum absolute atomic E-state index is 5.83. The summed E-state index contributed by atoms with van der Waals surface area (Å²) in [6.07, 6.45) is 3.67. The minimum atomic E-state index is 0.308. The predicted molar refractivity (Wildman–Crippen MR) is 91.8 cm³/mol. The SMILES string of the molecule is CCC(C)C1CNC(CC)(CC)CN1CCOCC(C)C. The predicted octanol–water partition coefficient (Wildman–Crippen LogP) is 3.54. The lowest BCUT2D eigenvalue weighted by atomic mass is 9.85. The fourth-order valence-electron chi connectivity index (χ4n) is 3.31. The molecule has 1 rings (SSSR count). The lowest BCUT2D eigenvalue weighted by Crippen LogP contribution is -2.65. The van der Waals surface area contributed by atoms with E-state index < -0.39 is 0 Å². The molecule has 1 aliphatic heterocycles. The average Bonchev–Trinajstić information content (AvgIpc) is 2.50. The van der Waals surface area contributed by atoms with Crippen molar-refractivity contribution in [3.8, 4) is 0 Å². The van der Waals surface area contributed by atoms with Gasteiger partial charge >= 0.3 is 0 Å². The Morgan fingerprint density at radius 1 is 1.19 bits per heavy atom. The van der Waals surface area contributed by atoms with Gasteiger partial charge in [0.1, 0.15) is 0 Å². The fourth-order valence-corrected chi connectivity index (χ4v) is 3.31. The number of nitrogens with one attached hydrogen (secondary N) is 1. The first kappa shape index (κ1) is 18.9. The van der Waals surface area contributed by atoms with Gasteiger partial charge in [-0.3, -0.25) is 4.90 Å². The third-order valence-electron chi connectivity index (χ3n) is 5.29. The number of piperazine rings is 1. The van der Waals surface area contributed by atoms with E-state index in [4.69, 9.17) is 4.74 Å². The van der Waals surface area contributed by atoms with Gasteiger partial charge in [-0.2, -0.15) is 0 Å². The highest BCUT2D eigenvalue weighted by Gasteiger charge is 2.37. The van der Waals surface area contributed by atoms with Crippen molar-refractivity contribution in [2.24, 2.45) is 11.8 Å². The molecule has 2 atom stereocenters. The molecule has 126 valence electrons. The van der Waals surface area contributed by atoms with Crippen LogP contribution < -0.4 is 5.32 Å². The van der Waals surface area contributed by atoms with Gasteiger partial charge in [-0.05, 0) is 24.7 Å². The topological polar surface area (TPSA) is 24.5 Å². The molecule has 21 heavy (non-hydrogen) atoms. The maximum atomic E-state index is 5.83. The molecule has 0 aromatic carbocycles. The van der Waals surface area contributed by atoms with Crippen molar-refractivity contribution >= 4 is 0 Å². The first-order chi connectivity index (χ1) is 9.98. The molecule has 1 saturated heterocycles. The molecule has 0 aromatic rings. The number of ether oxygens (including phenoxy) is 1. The molecule has 1 N–H and O–H groups in total. The fraction of sp³-hybridized carbons (Fsp3) is 1.00. The third-order valence-corrected chi connectivity index (χ3v) is 5.29. The van der Waals surface area contributed by atoms with Crippen LogP contribution in [-0.2, 0) is 4.74 Å². The Bertz CT molecular complexity index is 276. The van der Waals surface area contributed by atoms with Gasteiger partial charge in [0.25, 0.3) is 0 Å². The smallest absolute Gasteiger partial charge is 0.0593 e. The monoisotopic (exact) mass is 298 g/mol. The van der Waals surface area contributed by atoms with Crippen molar-refractivity contribution in [2.45, 2.75) is 72.4 Å². The van der Waals surface area contributed by atoms with Gasteiger partial charge < -0.3 is 10.1 Å². The number of nitrogens with zero attached hydrogens (tertiary/aromatic N) is 1. The zero-order valence-electron chi connectivity index (χ0n) is 15.2. The highest BCUT2D eigenvalue weighted by atomic mass is 16.5. The van der Waals surface area contributed by atoms with E-state index in [-0.39, 0.29) is 0 Å². The molecule has 0 saturated carbocycles. The second kappa shape index (κ2) is 9.12. The van der Waals surface area contributed by atoms with E-state index in [1.54, 1.807) is 0 Å². The zero-order valence-corrected chi connectivity index (χ0v) is 15.2. The minimum Gasteiger partial charge on any atom is -0.380 e. The van der Waals surface area contributed by atoms with Crippen LogP contribution in [0.15, 0.2) is 0 Å². The van der Waals surface area contributed by atoms with Gasteiger partial charge in [-0.15, -0.1) is 0 Å². The quantitative estimate of drug-likeness (QED) is 0.659. The van der Waals surface area contributed by atoms with E-state index >= 15 is 0 Å². The van der Waals surface area contributed by atoms with Gasteiger partial charge in [-0.1, -0.05) is 48.0 Å². The summed E-state index contributed by atoms with van der Waals surface area (Å²) in [5.74, 6) is 1.37. The second-order valence-corrected chi connectivity index (χ2v) is 7.26. The van der Waals surface area contributed by atoms with E-state index in [1.165, 1.54) is 25.8 Å². The van der Waals surface area contributed by atoms with E-state index in [0.29, 0.717) is 17.5 Å². The van der Waals surface area contributed by atoms with Crippen molar-refractivity contribution in [1.82, 2.24) is 10.2 Å². The molecule has 3 heteroatoms. The second-order valence-electron chi connectivity index (χ2n) is 7.26. The Hall–Kier alpha value is -0.120. The summed E-state index contributed by atoms with van der Waals surface area (Å²) in [6, 6.07) is 0.656. The van der Waals surface area contributed by atoms with Crippen LogP contribution in [-0.4, -0.2) is 49.3 Å². The molecular formula is C18H38N2O. The molecule has 0 aromatic heterocycles. The normalized spacial score (nSPS) is 24.4. The molecule has 1 aliphatic rings. The van der Waals surface area contributed by atoms with Crippen LogP contribution in [0.5, 0.6) is 0 Å². The molecule has 0 amide bonds. The maximum Gasteiger partial charge on any atom is 0.0593 e. The molecule has 0 aliphatic carbocycles. The minimum absolute atomic E-state index is 0.308. The first-order valence-corrected chi connectivity index (χ1v) is 9.04. The molecule has 2 unspecified atom stereocenters. The molecule has 0 spiro atoms. The van der Waals surface area contributed by atoms with Crippen LogP contribution >= 0.6 is 0 Å². The van der Waals surface area contributed by atoms with Crippen LogP contribution in [0.3, 0.4) is 0 Å². The van der Waals surface area contributed by atoms with Crippen molar-refractivity contribution in [3.63, 3.8) is 0 Å². The summed E-state index contributed by atoms with van der Waals surface area (Å²) < 4.78 is 5.83. The Morgan fingerprint density at radius 3 is 2.38 bits per heavy atom. The molecule has 0 radical (unpaired) electrons. The molecule has 1 fully saturated rings. The summed E-state index contributed by atoms with van der Waals surface area (Å²) in [6.45, 7) is 18.9. The molecule has 3 nitrogen and oxygen atoms in total. The van der Waals surface area contributed by atoms with Crippen LogP contribution in [0.1, 0.15) is 60.8 Å². The largest absolute Gasteiger partial charge is 0.380 e. The molecule has 0 bridgehead atoms. The summed E-state index contributed by atoms with van der Waals surface area (Å²) in [5, 5.41) is 3.85. The Balaban J connectivity index is 2.60.